The Kier molecular flexibility index (Phi) is 8.29. The van der Waals surface area contributed by atoms with Gasteiger partial charge in [-0.1, -0.05) is 13.3 Å². The van der Waals surface area contributed by atoms with Crippen LogP contribution in [-0.2, 0) is 27.3 Å². The summed E-state index contributed by atoms with van der Waals surface area (Å²) in [7, 11) is 6.66. The van der Waals surface area contributed by atoms with Gasteiger partial charge in [-0.2, -0.15) is 0 Å². The number of hydrogen-bond donors (Lipinski definition) is 6. The van der Waals surface area contributed by atoms with E-state index < -0.39 is 69.9 Å². The van der Waals surface area contributed by atoms with Gasteiger partial charge in [0, 0.05) is 43.4 Å². The van der Waals surface area contributed by atoms with E-state index in [0.29, 0.717) is 17.7 Å². The maximum atomic E-state index is 14.0. The Hall–Kier alpha value is -4.10. The Morgan fingerprint density at radius 1 is 1.17 bits per heavy atom. The standard InChI is InChI=1S/C29H38N4O9/c1-6-7-8-42-28(40)31-12-14-11-17(32(2)3)15-9-13-10-16-21(33(4)5)24(36)20(27(30)39)26(38)29(16,41)25(37)18(13)23(35)19(15)22(14)34/h11,13,16,21,34,36-37,41H,6-10,12H2,1-5H3,(H2,30,39)(H,31,40). The molecule has 1 aromatic rings. The number of nitrogens with two attached hydrogens (primary N) is 1. The number of anilines is 1. The van der Waals surface area contributed by atoms with Crippen LogP contribution < -0.4 is 16.0 Å². The minimum atomic E-state index is -2.72. The number of fused-ring (bicyclic) bond motifs is 3. The van der Waals surface area contributed by atoms with Crippen LogP contribution in [0.2, 0.25) is 0 Å². The average molecular weight is 587 g/mol. The van der Waals surface area contributed by atoms with Crippen molar-refractivity contribution in [3.05, 3.63) is 45.4 Å². The SMILES string of the molecule is CCCCOC(=O)NCc1cc(N(C)C)c2c(c1O)C(=O)C1=C(O)C3(O)C(=O)C(C(N)=O)=C(O)C(N(C)C)C3CC1C2. The summed E-state index contributed by atoms with van der Waals surface area (Å²) in [5.74, 6) is -7.15. The molecule has 0 heterocycles. The lowest BCUT2D eigenvalue weighted by Gasteiger charge is -2.50. The number of rotatable bonds is 8. The molecule has 4 rings (SSSR count). The van der Waals surface area contributed by atoms with E-state index in [1.54, 1.807) is 39.2 Å². The van der Waals surface area contributed by atoms with Gasteiger partial charge in [0.2, 0.25) is 5.78 Å². The number of carbonyl (C=O) groups is 4. The molecule has 1 aromatic carbocycles. The number of amides is 2. The van der Waals surface area contributed by atoms with E-state index in [9.17, 15) is 39.6 Å². The fourth-order valence-electron chi connectivity index (χ4n) is 6.41. The van der Waals surface area contributed by atoms with E-state index in [-0.39, 0.29) is 42.7 Å². The van der Waals surface area contributed by atoms with E-state index in [2.05, 4.69) is 5.32 Å². The number of nitrogens with one attached hydrogen (secondary N) is 1. The molecule has 4 unspecified atom stereocenters. The Labute approximate surface area is 243 Å². The largest absolute Gasteiger partial charge is 0.510 e. The molecule has 0 spiro atoms. The number of unbranched alkanes of at least 4 members (excludes halogenated alkanes) is 1. The normalized spacial score (nSPS) is 25.2. The van der Waals surface area contributed by atoms with Gasteiger partial charge < -0.3 is 41.1 Å². The molecule has 228 valence electrons. The van der Waals surface area contributed by atoms with Crippen LogP contribution in [0, 0.1) is 11.8 Å². The first kappa shape index (κ1) is 30.8. The quantitative estimate of drug-likeness (QED) is 0.189. The van der Waals surface area contributed by atoms with Crippen LogP contribution in [-0.4, -0.2) is 95.3 Å². The Bertz CT molecular complexity index is 1410. The van der Waals surface area contributed by atoms with Crippen LogP contribution >= 0.6 is 0 Å². The fourth-order valence-corrected chi connectivity index (χ4v) is 6.41. The molecule has 0 radical (unpaired) electrons. The second-order valence-corrected chi connectivity index (χ2v) is 11.5. The fraction of sp³-hybridized carbons (Fsp3) is 0.517. The number of phenolic OH excluding ortho intramolecular Hbond substituents is 1. The van der Waals surface area contributed by atoms with Crippen molar-refractivity contribution in [2.75, 3.05) is 39.7 Å². The molecule has 42 heavy (non-hydrogen) atoms. The zero-order chi connectivity index (χ0) is 31.3. The van der Waals surface area contributed by atoms with Crippen molar-refractivity contribution in [1.29, 1.82) is 0 Å². The number of ketones is 2. The first-order valence-electron chi connectivity index (χ1n) is 13.8. The van der Waals surface area contributed by atoms with E-state index >= 15 is 0 Å². The monoisotopic (exact) mass is 586 g/mol. The summed E-state index contributed by atoms with van der Waals surface area (Å²) in [6.45, 7) is 2.03. The number of allylic oxidation sites excluding steroid dienone is 1. The van der Waals surface area contributed by atoms with Gasteiger partial charge in [0.25, 0.3) is 5.91 Å². The summed E-state index contributed by atoms with van der Waals surface area (Å²) < 4.78 is 5.10. The first-order valence-corrected chi connectivity index (χ1v) is 13.8. The number of nitrogens with zero attached hydrogens (tertiary/aromatic N) is 2. The summed E-state index contributed by atoms with van der Waals surface area (Å²) >= 11 is 0. The van der Waals surface area contributed by atoms with Crippen LogP contribution in [0.15, 0.2) is 28.7 Å². The molecular weight excluding hydrogens is 548 g/mol. The topological polar surface area (TPSA) is 203 Å². The number of Topliss-reactive ketones (excluding diaryl/α,β-unsaturated/α-hetero) is 2. The molecule has 0 saturated carbocycles. The molecule has 2 amide bonds. The molecule has 13 nitrogen and oxygen atoms in total. The lowest BCUT2D eigenvalue weighted by atomic mass is 9.58. The number of primary amides is 1. The van der Waals surface area contributed by atoms with Crippen molar-refractivity contribution < 1.29 is 44.3 Å². The van der Waals surface area contributed by atoms with Gasteiger partial charge in [0.1, 0.15) is 22.8 Å². The second-order valence-electron chi connectivity index (χ2n) is 11.5. The highest BCUT2D eigenvalue weighted by atomic mass is 16.5. The molecular formula is C29H38N4O9. The third kappa shape index (κ3) is 4.75. The van der Waals surface area contributed by atoms with Gasteiger partial charge in [-0.15, -0.1) is 0 Å². The number of aliphatic hydroxyl groups is 3. The maximum absolute atomic E-state index is 14.0. The smallest absolute Gasteiger partial charge is 0.407 e. The summed E-state index contributed by atoms with van der Waals surface area (Å²) in [4.78, 5) is 55.0. The van der Waals surface area contributed by atoms with Crippen molar-refractivity contribution >= 4 is 29.3 Å². The molecule has 13 heteroatoms. The van der Waals surface area contributed by atoms with Crippen molar-refractivity contribution in [2.45, 2.75) is 50.8 Å². The molecule has 0 fully saturated rings. The first-order chi connectivity index (χ1) is 19.7. The zero-order valence-corrected chi connectivity index (χ0v) is 24.4. The van der Waals surface area contributed by atoms with E-state index in [0.717, 1.165) is 6.42 Å². The second kappa shape index (κ2) is 11.3. The van der Waals surface area contributed by atoms with E-state index in [1.165, 1.54) is 4.90 Å². The Morgan fingerprint density at radius 2 is 1.83 bits per heavy atom. The highest BCUT2D eigenvalue weighted by Crippen LogP contribution is 2.53. The minimum Gasteiger partial charge on any atom is -0.510 e. The lowest BCUT2D eigenvalue weighted by Crippen LogP contribution is -2.63. The maximum Gasteiger partial charge on any atom is 0.407 e. The van der Waals surface area contributed by atoms with Crippen LogP contribution in [0.3, 0.4) is 0 Å². The Balaban J connectivity index is 1.83. The Morgan fingerprint density at radius 3 is 2.40 bits per heavy atom. The van der Waals surface area contributed by atoms with Gasteiger partial charge in [-0.05, 0) is 50.9 Å². The van der Waals surface area contributed by atoms with Crippen molar-refractivity contribution in [3.8, 4) is 5.75 Å². The van der Waals surface area contributed by atoms with Gasteiger partial charge in [-0.25, -0.2) is 4.79 Å². The lowest BCUT2D eigenvalue weighted by molar-refractivity contribution is -0.148. The number of ether oxygens (including phenoxy) is 1. The van der Waals surface area contributed by atoms with Crippen LogP contribution in [0.4, 0.5) is 10.5 Å². The van der Waals surface area contributed by atoms with Crippen molar-refractivity contribution in [2.24, 2.45) is 17.6 Å². The predicted octanol–water partition coefficient (Wildman–Crippen LogP) is 1.21. The number of aromatic hydroxyl groups is 1. The van der Waals surface area contributed by atoms with Gasteiger partial charge >= 0.3 is 6.09 Å². The number of alkyl carbamates (subject to hydrolysis) is 1. The van der Waals surface area contributed by atoms with Crippen LogP contribution in [0.1, 0.15) is 47.7 Å². The number of carbonyl (C=O) groups excluding carboxylic acids is 4. The molecule has 0 saturated heterocycles. The number of hydrogen-bond acceptors (Lipinski definition) is 11. The number of aliphatic hydroxyl groups excluding tert-OH is 2. The van der Waals surface area contributed by atoms with E-state index in [4.69, 9.17) is 10.5 Å². The molecule has 0 bridgehead atoms. The van der Waals surface area contributed by atoms with Crippen LogP contribution in [0.25, 0.3) is 0 Å². The highest BCUT2D eigenvalue weighted by Gasteiger charge is 2.63. The van der Waals surface area contributed by atoms with Gasteiger partial charge in [0.05, 0.1) is 18.2 Å². The summed E-state index contributed by atoms with van der Waals surface area (Å²) in [5, 5.41) is 47.9. The molecule has 4 atom stereocenters. The third-order valence-corrected chi connectivity index (χ3v) is 8.41. The summed E-state index contributed by atoms with van der Waals surface area (Å²) in [5.41, 5.74) is 2.72. The predicted molar refractivity (Wildman–Crippen MR) is 151 cm³/mol. The van der Waals surface area contributed by atoms with Gasteiger partial charge in [-0.3, -0.25) is 19.3 Å². The summed E-state index contributed by atoms with van der Waals surface area (Å²) in [6, 6.07) is 0.588. The molecule has 7 N–H and O–H groups in total. The number of likely N-dealkylation sites (N-methyl/N-ethyl adjacent to an activating group) is 1. The van der Waals surface area contributed by atoms with Crippen molar-refractivity contribution in [3.63, 3.8) is 0 Å². The third-order valence-electron chi connectivity index (χ3n) is 8.41. The highest BCUT2D eigenvalue weighted by molar-refractivity contribution is 6.25. The molecule has 3 aliphatic rings. The molecule has 3 aliphatic carbocycles. The molecule has 0 aromatic heterocycles. The number of benzene rings is 1. The summed E-state index contributed by atoms with van der Waals surface area (Å²) in [6.07, 6.45) is 0.995. The zero-order valence-electron chi connectivity index (χ0n) is 24.4. The number of phenols is 1. The van der Waals surface area contributed by atoms with Gasteiger partial charge in [0.15, 0.2) is 11.4 Å². The van der Waals surface area contributed by atoms with E-state index in [1.807, 2.05) is 6.92 Å². The average Bonchev–Trinajstić information content (AvgIpc) is 2.89. The minimum absolute atomic E-state index is 0.00764. The van der Waals surface area contributed by atoms with Crippen LogP contribution in [0.5, 0.6) is 5.75 Å². The molecule has 0 aliphatic heterocycles. The van der Waals surface area contributed by atoms with Crippen molar-refractivity contribution in [1.82, 2.24) is 10.2 Å².